The third-order valence-corrected chi connectivity index (χ3v) is 6.26. The van der Waals surface area contributed by atoms with Gasteiger partial charge in [0, 0.05) is 47.6 Å². The molecule has 4 aromatic rings. The fraction of sp³-hybridized carbons (Fsp3) is 0.300. The number of hydrogen-bond acceptors (Lipinski definition) is 5. The molecule has 0 radical (unpaired) electrons. The summed E-state index contributed by atoms with van der Waals surface area (Å²) in [6.45, 7) is 0. The highest BCUT2D eigenvalue weighted by molar-refractivity contribution is 7.15. The second-order valence-corrected chi connectivity index (χ2v) is 8.02. The molecule has 0 unspecified atom stereocenters. The number of aromatic nitrogens is 4. The van der Waals surface area contributed by atoms with Crippen LogP contribution in [-0.4, -0.2) is 30.9 Å². The number of carbonyl (C=O) groups is 1. The second-order valence-electron chi connectivity index (χ2n) is 7.15. The van der Waals surface area contributed by atoms with Crippen LogP contribution in [0.5, 0.6) is 0 Å². The van der Waals surface area contributed by atoms with E-state index >= 15 is 0 Å². The fourth-order valence-corrected chi connectivity index (χ4v) is 4.70. The Bertz CT molecular complexity index is 1220. The van der Waals surface area contributed by atoms with Gasteiger partial charge >= 0.3 is 0 Å². The van der Waals surface area contributed by atoms with Crippen LogP contribution in [0.3, 0.4) is 0 Å². The number of hydrogen-bond donors (Lipinski definition) is 1. The number of thiazole rings is 1. The van der Waals surface area contributed by atoms with Gasteiger partial charge in [0.2, 0.25) is 0 Å². The van der Waals surface area contributed by atoms with E-state index in [-0.39, 0.29) is 23.1 Å². The average molecular weight is 393 g/mol. The number of carbonyl (C=O) groups excluding carboxylic acids is 1. The van der Waals surface area contributed by atoms with E-state index in [2.05, 4.69) is 38.2 Å². The normalized spacial score (nSPS) is 19.9. The zero-order valence-electron chi connectivity index (χ0n) is 15.1. The summed E-state index contributed by atoms with van der Waals surface area (Å²) in [6, 6.07) is 6.57. The van der Waals surface area contributed by atoms with E-state index in [1.165, 1.54) is 21.9 Å². The van der Waals surface area contributed by atoms with Crippen LogP contribution in [0.2, 0.25) is 0 Å². The zero-order valence-corrected chi connectivity index (χ0v) is 15.9. The quantitative estimate of drug-likeness (QED) is 0.580. The van der Waals surface area contributed by atoms with Gasteiger partial charge in [-0.25, -0.2) is 9.97 Å². The Morgan fingerprint density at radius 1 is 1.14 bits per heavy atom. The maximum Gasteiger partial charge on any atom is 0.271 e. The summed E-state index contributed by atoms with van der Waals surface area (Å²) in [5.41, 5.74) is 0.791. The van der Waals surface area contributed by atoms with Crippen LogP contribution in [0, 0.1) is 0 Å². The maximum atomic E-state index is 12.6. The van der Waals surface area contributed by atoms with Gasteiger partial charge in [-0.3, -0.25) is 14.0 Å². The van der Waals surface area contributed by atoms with Crippen LogP contribution < -0.4 is 10.9 Å². The standard InChI is InChI=1S/C20H19N5O2S/c26-18(16-12-22-20-25(19(16)27)10-11-28-20)23-14-3-5-15(6-4-14)24-9-7-13-2-1-8-21-17(13)24/h1-2,7-12,14-15H,3-6H2,(H,23,26). The molecule has 142 valence electrons. The highest BCUT2D eigenvalue weighted by Gasteiger charge is 2.25. The van der Waals surface area contributed by atoms with E-state index in [0.717, 1.165) is 36.7 Å². The molecule has 1 N–H and O–H groups in total. The van der Waals surface area contributed by atoms with Gasteiger partial charge in [0.15, 0.2) is 4.96 Å². The third-order valence-electron chi connectivity index (χ3n) is 5.49. The molecule has 7 nitrogen and oxygen atoms in total. The largest absolute Gasteiger partial charge is 0.349 e. The molecule has 0 aliphatic heterocycles. The van der Waals surface area contributed by atoms with Crippen molar-refractivity contribution in [2.45, 2.75) is 37.8 Å². The summed E-state index contributed by atoms with van der Waals surface area (Å²) in [5.74, 6) is -0.338. The number of nitrogens with one attached hydrogen (secondary N) is 1. The Balaban J connectivity index is 1.27. The predicted octanol–water partition coefficient (Wildman–Crippen LogP) is 3.02. The van der Waals surface area contributed by atoms with Crippen molar-refractivity contribution >= 4 is 33.2 Å². The van der Waals surface area contributed by atoms with Gasteiger partial charge in [-0.2, -0.15) is 0 Å². The molecule has 0 atom stereocenters. The van der Waals surface area contributed by atoms with E-state index in [1.54, 1.807) is 11.6 Å². The van der Waals surface area contributed by atoms with E-state index in [9.17, 15) is 9.59 Å². The van der Waals surface area contributed by atoms with E-state index < -0.39 is 0 Å². The first-order chi connectivity index (χ1) is 13.7. The molecule has 0 saturated heterocycles. The molecule has 1 aliphatic carbocycles. The first-order valence-electron chi connectivity index (χ1n) is 9.38. The van der Waals surface area contributed by atoms with Gasteiger partial charge in [0.05, 0.1) is 0 Å². The molecule has 8 heteroatoms. The van der Waals surface area contributed by atoms with Gasteiger partial charge in [-0.05, 0) is 43.9 Å². The van der Waals surface area contributed by atoms with Crippen molar-refractivity contribution in [2.24, 2.45) is 0 Å². The summed E-state index contributed by atoms with van der Waals surface area (Å²) >= 11 is 1.37. The second kappa shape index (κ2) is 6.87. The van der Waals surface area contributed by atoms with Crippen LogP contribution in [0.1, 0.15) is 42.1 Å². The number of nitrogens with zero attached hydrogens (tertiary/aromatic N) is 4. The molecule has 5 rings (SSSR count). The van der Waals surface area contributed by atoms with Crippen molar-refractivity contribution < 1.29 is 4.79 Å². The molecular weight excluding hydrogens is 374 g/mol. The molecule has 28 heavy (non-hydrogen) atoms. The van der Waals surface area contributed by atoms with Crippen LogP contribution in [0.15, 0.2) is 53.2 Å². The molecule has 4 heterocycles. The van der Waals surface area contributed by atoms with E-state index in [4.69, 9.17) is 0 Å². The Labute approximate surface area is 164 Å². The summed E-state index contributed by atoms with van der Waals surface area (Å²) < 4.78 is 3.66. The molecule has 0 aromatic carbocycles. The monoisotopic (exact) mass is 393 g/mol. The Morgan fingerprint density at radius 3 is 2.86 bits per heavy atom. The van der Waals surface area contributed by atoms with Crippen LogP contribution in [0.4, 0.5) is 0 Å². The summed E-state index contributed by atoms with van der Waals surface area (Å²) in [4.78, 5) is 34.4. The fourth-order valence-electron chi connectivity index (χ4n) is 4.02. The topological polar surface area (TPSA) is 81.3 Å². The van der Waals surface area contributed by atoms with Crippen molar-refractivity contribution in [3.8, 4) is 0 Å². The first kappa shape index (κ1) is 17.1. The molecular formula is C20H19N5O2S. The Morgan fingerprint density at radius 2 is 2.00 bits per heavy atom. The van der Waals surface area contributed by atoms with Gasteiger partial charge < -0.3 is 9.88 Å². The molecule has 1 fully saturated rings. The summed E-state index contributed by atoms with van der Waals surface area (Å²) in [6.07, 6.45) is 10.6. The minimum Gasteiger partial charge on any atom is -0.349 e. The summed E-state index contributed by atoms with van der Waals surface area (Å²) in [7, 11) is 0. The van der Waals surface area contributed by atoms with Crippen molar-refractivity contribution in [3.05, 3.63) is 64.3 Å². The first-order valence-corrected chi connectivity index (χ1v) is 10.3. The van der Waals surface area contributed by atoms with Crippen molar-refractivity contribution in [1.29, 1.82) is 0 Å². The number of pyridine rings is 1. The minimum absolute atomic E-state index is 0.0705. The molecule has 0 bridgehead atoms. The zero-order chi connectivity index (χ0) is 19.1. The lowest BCUT2D eigenvalue weighted by Gasteiger charge is -2.30. The van der Waals surface area contributed by atoms with Crippen LogP contribution >= 0.6 is 11.3 Å². The highest BCUT2D eigenvalue weighted by Crippen LogP contribution is 2.31. The SMILES string of the molecule is O=C(NC1CCC(n2ccc3cccnc32)CC1)c1cnc2sccn2c1=O. The van der Waals surface area contributed by atoms with Crippen LogP contribution in [0.25, 0.3) is 16.0 Å². The number of fused-ring (bicyclic) bond motifs is 2. The van der Waals surface area contributed by atoms with E-state index in [0.29, 0.717) is 11.0 Å². The maximum absolute atomic E-state index is 12.6. The predicted molar refractivity (Wildman–Crippen MR) is 108 cm³/mol. The van der Waals surface area contributed by atoms with E-state index in [1.807, 2.05) is 12.3 Å². The van der Waals surface area contributed by atoms with Crippen molar-refractivity contribution in [3.63, 3.8) is 0 Å². The lowest BCUT2D eigenvalue weighted by atomic mass is 9.91. The van der Waals surface area contributed by atoms with Crippen LogP contribution in [-0.2, 0) is 0 Å². The molecule has 0 spiro atoms. The number of amides is 1. The lowest BCUT2D eigenvalue weighted by Crippen LogP contribution is -2.40. The molecule has 4 aromatic heterocycles. The minimum atomic E-state index is -0.338. The lowest BCUT2D eigenvalue weighted by molar-refractivity contribution is 0.0920. The average Bonchev–Trinajstić information content (AvgIpc) is 3.36. The summed E-state index contributed by atoms with van der Waals surface area (Å²) in [5, 5.41) is 5.95. The smallest absolute Gasteiger partial charge is 0.271 e. The Hall–Kier alpha value is -3.00. The molecule has 1 aliphatic rings. The molecule has 1 saturated carbocycles. The van der Waals surface area contributed by atoms with Gasteiger partial charge in [-0.1, -0.05) is 0 Å². The van der Waals surface area contributed by atoms with Gasteiger partial charge in [-0.15, -0.1) is 11.3 Å². The third kappa shape index (κ3) is 2.90. The van der Waals surface area contributed by atoms with Crippen molar-refractivity contribution in [2.75, 3.05) is 0 Å². The van der Waals surface area contributed by atoms with Gasteiger partial charge in [0.25, 0.3) is 11.5 Å². The van der Waals surface area contributed by atoms with Gasteiger partial charge in [0.1, 0.15) is 11.2 Å². The number of rotatable bonds is 3. The highest BCUT2D eigenvalue weighted by atomic mass is 32.1. The molecule has 1 amide bonds. The Kier molecular flexibility index (Phi) is 4.20. The van der Waals surface area contributed by atoms with Crippen molar-refractivity contribution in [1.82, 2.24) is 24.3 Å².